The summed E-state index contributed by atoms with van der Waals surface area (Å²) in [5, 5.41) is 10.8. The Bertz CT molecular complexity index is 929. The van der Waals surface area contributed by atoms with Crippen molar-refractivity contribution in [2.24, 2.45) is 0 Å². The predicted octanol–water partition coefficient (Wildman–Crippen LogP) is 3.82. The molecule has 1 N–H and O–H groups in total. The number of hydrogen-bond donors (Lipinski definition) is 1. The van der Waals surface area contributed by atoms with Gasteiger partial charge < -0.3 is 9.73 Å². The fourth-order valence-corrected chi connectivity index (χ4v) is 2.48. The summed E-state index contributed by atoms with van der Waals surface area (Å²) in [6.07, 6.45) is 0.583. The van der Waals surface area contributed by atoms with Crippen molar-refractivity contribution in [3.05, 3.63) is 65.5 Å². The number of nitrogens with zero attached hydrogens (tertiary/aromatic N) is 2. The van der Waals surface area contributed by atoms with E-state index in [1.807, 2.05) is 31.2 Å². The maximum atomic E-state index is 12.1. The standard InChI is InChI=1S/C20H19N3O3/c1-13-4-3-5-16(12-13)20-23-22-19(26-20)11-10-18(25)21-17-8-6-15(7-9-17)14(2)24/h3-9,12H,10-11H2,1-2H3,(H,21,25). The number of hydrogen-bond acceptors (Lipinski definition) is 5. The summed E-state index contributed by atoms with van der Waals surface area (Å²) < 4.78 is 5.63. The van der Waals surface area contributed by atoms with Gasteiger partial charge in [-0.2, -0.15) is 0 Å². The topological polar surface area (TPSA) is 85.1 Å². The number of rotatable bonds is 6. The van der Waals surface area contributed by atoms with Crippen LogP contribution in [0.4, 0.5) is 5.69 Å². The number of ketones is 1. The molecule has 6 heteroatoms. The molecule has 0 bridgehead atoms. The molecule has 0 atom stereocenters. The van der Waals surface area contributed by atoms with Crippen molar-refractivity contribution in [1.82, 2.24) is 10.2 Å². The van der Waals surface area contributed by atoms with Gasteiger partial charge >= 0.3 is 0 Å². The number of nitrogens with one attached hydrogen (secondary N) is 1. The van der Waals surface area contributed by atoms with E-state index in [0.29, 0.717) is 29.5 Å². The lowest BCUT2D eigenvalue weighted by atomic mass is 10.1. The normalized spacial score (nSPS) is 10.5. The van der Waals surface area contributed by atoms with E-state index in [0.717, 1.165) is 11.1 Å². The number of benzene rings is 2. The Morgan fingerprint density at radius 2 is 1.85 bits per heavy atom. The van der Waals surface area contributed by atoms with Crippen molar-refractivity contribution in [3.63, 3.8) is 0 Å². The van der Waals surface area contributed by atoms with E-state index in [2.05, 4.69) is 15.5 Å². The van der Waals surface area contributed by atoms with Crippen LogP contribution in [0.3, 0.4) is 0 Å². The summed E-state index contributed by atoms with van der Waals surface area (Å²) in [6.45, 7) is 3.50. The molecule has 132 valence electrons. The number of carbonyl (C=O) groups excluding carboxylic acids is 2. The fraction of sp³-hybridized carbons (Fsp3) is 0.200. The molecule has 0 aliphatic carbocycles. The van der Waals surface area contributed by atoms with Gasteiger partial charge in [0, 0.05) is 29.7 Å². The first-order valence-corrected chi connectivity index (χ1v) is 8.31. The molecule has 3 aromatic rings. The Balaban J connectivity index is 1.55. The molecule has 0 unspecified atom stereocenters. The molecule has 3 rings (SSSR count). The number of amides is 1. The third-order valence-corrected chi connectivity index (χ3v) is 3.87. The SMILES string of the molecule is CC(=O)c1ccc(NC(=O)CCc2nnc(-c3cccc(C)c3)o2)cc1. The Hall–Kier alpha value is -3.28. The molecule has 1 heterocycles. The third-order valence-electron chi connectivity index (χ3n) is 3.87. The summed E-state index contributed by atoms with van der Waals surface area (Å²) >= 11 is 0. The zero-order chi connectivity index (χ0) is 18.5. The maximum Gasteiger partial charge on any atom is 0.247 e. The molecule has 0 spiro atoms. The minimum atomic E-state index is -0.157. The minimum Gasteiger partial charge on any atom is -0.421 e. The van der Waals surface area contributed by atoms with Gasteiger partial charge in [-0.1, -0.05) is 17.7 Å². The van der Waals surface area contributed by atoms with Gasteiger partial charge in [-0.3, -0.25) is 9.59 Å². The third kappa shape index (κ3) is 4.42. The average molecular weight is 349 g/mol. The summed E-state index contributed by atoms with van der Waals surface area (Å²) in [7, 11) is 0. The van der Waals surface area contributed by atoms with Gasteiger partial charge in [0.15, 0.2) is 5.78 Å². The Labute approximate surface area is 151 Å². The molecule has 0 aliphatic heterocycles. The van der Waals surface area contributed by atoms with E-state index < -0.39 is 0 Å². The molecule has 2 aromatic carbocycles. The lowest BCUT2D eigenvalue weighted by Crippen LogP contribution is -2.12. The van der Waals surface area contributed by atoms with E-state index in [9.17, 15) is 9.59 Å². The summed E-state index contributed by atoms with van der Waals surface area (Å²) in [6, 6.07) is 14.6. The van der Waals surface area contributed by atoms with Gasteiger partial charge in [0.25, 0.3) is 0 Å². The number of aromatic nitrogens is 2. The van der Waals surface area contributed by atoms with Crippen LogP contribution >= 0.6 is 0 Å². The van der Waals surface area contributed by atoms with E-state index in [1.165, 1.54) is 6.92 Å². The Kier molecular flexibility index (Phi) is 5.22. The largest absolute Gasteiger partial charge is 0.421 e. The smallest absolute Gasteiger partial charge is 0.247 e. The van der Waals surface area contributed by atoms with E-state index in [1.54, 1.807) is 24.3 Å². The molecule has 0 aliphatic rings. The second-order valence-corrected chi connectivity index (χ2v) is 6.05. The van der Waals surface area contributed by atoms with Crippen LogP contribution in [-0.2, 0) is 11.2 Å². The molecule has 26 heavy (non-hydrogen) atoms. The summed E-state index contributed by atoms with van der Waals surface area (Å²) in [5.41, 5.74) is 3.22. The Morgan fingerprint density at radius 3 is 2.54 bits per heavy atom. The van der Waals surface area contributed by atoms with Crippen molar-refractivity contribution in [3.8, 4) is 11.5 Å². The van der Waals surface area contributed by atoms with Crippen LogP contribution in [0, 0.1) is 6.92 Å². The van der Waals surface area contributed by atoms with Crippen molar-refractivity contribution in [1.29, 1.82) is 0 Å². The van der Waals surface area contributed by atoms with Crippen LogP contribution in [0.1, 0.15) is 35.2 Å². The molecule has 0 fully saturated rings. The van der Waals surface area contributed by atoms with Crippen LogP contribution in [0.15, 0.2) is 52.9 Å². The second-order valence-electron chi connectivity index (χ2n) is 6.05. The monoisotopic (exact) mass is 349 g/mol. The highest BCUT2D eigenvalue weighted by Crippen LogP contribution is 2.19. The lowest BCUT2D eigenvalue weighted by molar-refractivity contribution is -0.116. The molecule has 0 radical (unpaired) electrons. The highest BCUT2D eigenvalue weighted by atomic mass is 16.4. The highest BCUT2D eigenvalue weighted by molar-refractivity contribution is 5.95. The Morgan fingerprint density at radius 1 is 1.08 bits per heavy atom. The molecular formula is C20H19N3O3. The number of carbonyl (C=O) groups is 2. The van der Waals surface area contributed by atoms with Crippen molar-refractivity contribution in [2.45, 2.75) is 26.7 Å². The second kappa shape index (κ2) is 7.74. The summed E-state index contributed by atoms with van der Waals surface area (Å²) in [5.74, 6) is 0.701. The molecule has 6 nitrogen and oxygen atoms in total. The quantitative estimate of drug-likeness (QED) is 0.684. The molecule has 1 amide bonds. The zero-order valence-corrected chi connectivity index (χ0v) is 14.7. The van der Waals surface area contributed by atoms with Crippen LogP contribution in [0.25, 0.3) is 11.5 Å². The van der Waals surface area contributed by atoms with Crippen molar-refractivity contribution in [2.75, 3.05) is 5.32 Å². The van der Waals surface area contributed by atoms with Crippen LogP contribution in [0.2, 0.25) is 0 Å². The lowest BCUT2D eigenvalue weighted by Gasteiger charge is -2.04. The van der Waals surface area contributed by atoms with Crippen molar-refractivity contribution >= 4 is 17.4 Å². The molecule has 0 saturated carbocycles. The van der Waals surface area contributed by atoms with Gasteiger partial charge in [-0.05, 0) is 50.2 Å². The van der Waals surface area contributed by atoms with E-state index in [4.69, 9.17) is 4.42 Å². The zero-order valence-electron chi connectivity index (χ0n) is 14.7. The van der Waals surface area contributed by atoms with E-state index >= 15 is 0 Å². The van der Waals surface area contributed by atoms with Crippen LogP contribution in [0.5, 0.6) is 0 Å². The fourth-order valence-electron chi connectivity index (χ4n) is 2.48. The summed E-state index contributed by atoms with van der Waals surface area (Å²) in [4.78, 5) is 23.3. The maximum absolute atomic E-state index is 12.1. The van der Waals surface area contributed by atoms with Crippen molar-refractivity contribution < 1.29 is 14.0 Å². The first-order valence-electron chi connectivity index (χ1n) is 8.31. The van der Waals surface area contributed by atoms with Gasteiger partial charge in [0.2, 0.25) is 17.7 Å². The van der Waals surface area contributed by atoms with Crippen LogP contribution < -0.4 is 5.32 Å². The van der Waals surface area contributed by atoms with Crippen LogP contribution in [-0.4, -0.2) is 21.9 Å². The number of anilines is 1. The average Bonchev–Trinajstić information content (AvgIpc) is 3.09. The van der Waals surface area contributed by atoms with Gasteiger partial charge in [-0.25, -0.2) is 0 Å². The van der Waals surface area contributed by atoms with Gasteiger partial charge in [0.1, 0.15) is 0 Å². The molecule has 1 aromatic heterocycles. The first kappa shape index (κ1) is 17.5. The molecular weight excluding hydrogens is 330 g/mol. The highest BCUT2D eigenvalue weighted by Gasteiger charge is 2.11. The number of Topliss-reactive ketones (excluding diaryl/α,β-unsaturated/α-hetero) is 1. The van der Waals surface area contributed by atoms with E-state index in [-0.39, 0.29) is 18.1 Å². The minimum absolute atomic E-state index is 0.0105. The van der Waals surface area contributed by atoms with Gasteiger partial charge in [-0.15, -0.1) is 10.2 Å². The number of aryl methyl sites for hydroxylation is 2. The van der Waals surface area contributed by atoms with Gasteiger partial charge in [0.05, 0.1) is 0 Å². The first-order chi connectivity index (χ1) is 12.5. The predicted molar refractivity (Wildman–Crippen MR) is 97.9 cm³/mol. The molecule has 0 saturated heterocycles.